The van der Waals surface area contributed by atoms with E-state index in [1.54, 1.807) is 38.1 Å². The van der Waals surface area contributed by atoms with Crippen LogP contribution in [0.1, 0.15) is 41.0 Å². The average Bonchev–Trinajstić information content (AvgIpc) is 3.34. The van der Waals surface area contributed by atoms with Gasteiger partial charge in [-0.2, -0.15) is 23.0 Å². The highest BCUT2D eigenvalue weighted by atomic mass is 32.2. The molecule has 1 amide bonds. The van der Waals surface area contributed by atoms with E-state index in [4.69, 9.17) is 9.47 Å². The molecular weight excluding hydrogens is 631 g/mol. The number of non-ortho nitro benzene ring substituents is 1. The Kier molecular flexibility index (Phi) is 10.0. The summed E-state index contributed by atoms with van der Waals surface area (Å²) in [6, 6.07) is 14.0. The molecule has 3 aromatic carbocycles. The third-order valence-corrected chi connectivity index (χ3v) is 8.07. The van der Waals surface area contributed by atoms with Crippen molar-refractivity contribution in [1.29, 1.82) is 0 Å². The molecule has 0 unspecified atom stereocenters. The molecule has 0 atom stereocenters. The Hall–Kier alpha value is -4.96. The van der Waals surface area contributed by atoms with Crippen molar-refractivity contribution in [3.63, 3.8) is 0 Å². The van der Waals surface area contributed by atoms with E-state index < -0.39 is 43.2 Å². The fourth-order valence-corrected chi connectivity index (χ4v) is 5.56. The second kappa shape index (κ2) is 13.6. The van der Waals surface area contributed by atoms with Gasteiger partial charge in [-0.05, 0) is 60.9 Å². The number of halogens is 3. The lowest BCUT2D eigenvalue weighted by Crippen LogP contribution is -2.28. The van der Waals surface area contributed by atoms with Gasteiger partial charge in [-0.25, -0.2) is 13.1 Å². The number of ether oxygens (including phenoxy) is 2. The summed E-state index contributed by atoms with van der Waals surface area (Å²) in [4.78, 5) is 23.5. The summed E-state index contributed by atoms with van der Waals surface area (Å²) >= 11 is 0. The summed E-state index contributed by atoms with van der Waals surface area (Å²) in [5, 5.41) is 18.4. The third-order valence-electron chi connectivity index (χ3n) is 6.62. The molecule has 1 heterocycles. The van der Waals surface area contributed by atoms with Crippen LogP contribution in [0.15, 0.2) is 71.6 Å². The Morgan fingerprint density at radius 1 is 1.09 bits per heavy atom. The van der Waals surface area contributed by atoms with Crippen LogP contribution in [-0.4, -0.2) is 42.7 Å². The number of hydrogen-bond acceptors (Lipinski definition) is 8. The normalized spacial score (nSPS) is 11.8. The van der Waals surface area contributed by atoms with E-state index >= 15 is 0 Å². The van der Waals surface area contributed by atoms with Gasteiger partial charge in [0.05, 0.1) is 23.3 Å². The van der Waals surface area contributed by atoms with E-state index in [1.807, 2.05) is 0 Å². The van der Waals surface area contributed by atoms with Crippen molar-refractivity contribution in [3.8, 4) is 23.1 Å². The minimum atomic E-state index is -4.56. The summed E-state index contributed by atoms with van der Waals surface area (Å²) in [5.74, 6) is -0.691. The number of hydrogen-bond donors (Lipinski definition) is 2. The largest absolute Gasteiger partial charge is 0.497 e. The molecule has 4 aromatic rings. The highest BCUT2D eigenvalue weighted by Crippen LogP contribution is 2.36. The van der Waals surface area contributed by atoms with E-state index in [2.05, 4.69) is 15.1 Å². The Morgan fingerprint density at radius 3 is 2.39 bits per heavy atom. The minimum Gasteiger partial charge on any atom is -0.497 e. The number of sulfonamides is 1. The fourth-order valence-electron chi connectivity index (χ4n) is 4.20. The Bertz CT molecular complexity index is 1860. The van der Waals surface area contributed by atoms with E-state index in [0.29, 0.717) is 11.4 Å². The van der Waals surface area contributed by atoms with Gasteiger partial charge in [0.25, 0.3) is 11.6 Å². The molecule has 0 aliphatic heterocycles. The van der Waals surface area contributed by atoms with E-state index in [9.17, 15) is 36.5 Å². The maximum atomic E-state index is 13.3. The maximum absolute atomic E-state index is 13.3. The number of nitrogens with one attached hydrogen (secondary N) is 2. The van der Waals surface area contributed by atoms with Crippen LogP contribution in [0.3, 0.4) is 0 Å². The van der Waals surface area contributed by atoms with Crippen molar-refractivity contribution in [3.05, 3.63) is 99.2 Å². The first kappa shape index (κ1) is 33.9. The molecule has 0 spiro atoms. The Labute approximate surface area is 262 Å². The molecule has 0 radical (unpaired) electrons. The molecule has 0 saturated carbocycles. The van der Waals surface area contributed by atoms with E-state index in [0.717, 1.165) is 30.3 Å². The van der Waals surface area contributed by atoms with Gasteiger partial charge in [0.1, 0.15) is 16.4 Å². The molecule has 0 aliphatic carbocycles. The van der Waals surface area contributed by atoms with Crippen molar-refractivity contribution < 1.29 is 40.8 Å². The zero-order chi connectivity index (χ0) is 33.8. The second-order valence-corrected chi connectivity index (χ2v) is 12.2. The van der Waals surface area contributed by atoms with Crippen molar-refractivity contribution in [2.75, 3.05) is 13.7 Å². The Balaban J connectivity index is 1.77. The lowest BCUT2D eigenvalue weighted by molar-refractivity contribution is -0.385. The molecule has 0 fully saturated rings. The molecule has 0 bridgehead atoms. The van der Waals surface area contributed by atoms with Crippen LogP contribution >= 0.6 is 0 Å². The molecule has 1 aromatic heterocycles. The molecular formula is C30H30F3N5O7S. The van der Waals surface area contributed by atoms with Crippen LogP contribution in [0, 0.1) is 23.0 Å². The summed E-state index contributed by atoms with van der Waals surface area (Å²) in [7, 11) is -2.84. The fraction of sp³-hybridized carbons (Fsp3) is 0.267. The topological polar surface area (TPSA) is 155 Å². The monoisotopic (exact) mass is 661 g/mol. The number of methoxy groups -OCH3 is 1. The van der Waals surface area contributed by atoms with Crippen LogP contribution in [0.4, 0.5) is 18.9 Å². The van der Waals surface area contributed by atoms with Crippen LogP contribution in [0.5, 0.6) is 17.4 Å². The molecule has 12 nitrogen and oxygen atoms in total. The van der Waals surface area contributed by atoms with E-state index in [1.165, 1.54) is 30.8 Å². The number of amides is 1. The van der Waals surface area contributed by atoms with Gasteiger partial charge in [0.15, 0.2) is 5.69 Å². The highest BCUT2D eigenvalue weighted by molar-refractivity contribution is 7.89. The summed E-state index contributed by atoms with van der Waals surface area (Å²) in [6.45, 7) is 4.84. The van der Waals surface area contributed by atoms with Crippen LogP contribution in [0.2, 0.25) is 0 Å². The number of carbonyl (C=O) groups is 1. The summed E-state index contributed by atoms with van der Waals surface area (Å²) in [5.41, 5.74) is -0.809. The SMILES string of the molecule is COc1ccc(-n2nc(C(=O)NCc3cccc(C(F)(F)F)c3)c(C)c2Oc2ccc([N+](=O)[O-])cc2S(=O)(=O)NCC(C)C)cc1. The van der Waals surface area contributed by atoms with Gasteiger partial charge in [0, 0.05) is 30.8 Å². The first-order valence-electron chi connectivity index (χ1n) is 13.7. The Morgan fingerprint density at radius 2 is 1.78 bits per heavy atom. The van der Waals surface area contributed by atoms with Crippen LogP contribution in [0.25, 0.3) is 5.69 Å². The van der Waals surface area contributed by atoms with Gasteiger partial charge in [-0.1, -0.05) is 26.0 Å². The van der Waals surface area contributed by atoms with Crippen molar-refractivity contribution in [2.24, 2.45) is 5.92 Å². The molecule has 16 heteroatoms. The molecule has 2 N–H and O–H groups in total. The van der Waals surface area contributed by atoms with Crippen molar-refractivity contribution in [2.45, 2.75) is 38.4 Å². The van der Waals surface area contributed by atoms with Crippen LogP contribution < -0.4 is 19.5 Å². The highest BCUT2D eigenvalue weighted by Gasteiger charge is 2.31. The minimum absolute atomic E-state index is 0.0451. The van der Waals surface area contributed by atoms with Gasteiger partial charge >= 0.3 is 6.18 Å². The predicted molar refractivity (Wildman–Crippen MR) is 161 cm³/mol. The molecule has 0 saturated heterocycles. The average molecular weight is 662 g/mol. The first-order valence-corrected chi connectivity index (χ1v) is 15.2. The molecule has 46 heavy (non-hydrogen) atoms. The van der Waals surface area contributed by atoms with Crippen molar-refractivity contribution in [1.82, 2.24) is 19.8 Å². The van der Waals surface area contributed by atoms with E-state index in [-0.39, 0.29) is 47.5 Å². The first-order chi connectivity index (χ1) is 21.6. The molecule has 0 aliphatic rings. The summed E-state index contributed by atoms with van der Waals surface area (Å²) in [6.07, 6.45) is -4.56. The lowest BCUT2D eigenvalue weighted by Gasteiger charge is -2.15. The number of nitro groups is 1. The molecule has 244 valence electrons. The molecule has 4 rings (SSSR count). The van der Waals surface area contributed by atoms with Crippen LogP contribution in [-0.2, 0) is 22.7 Å². The number of benzene rings is 3. The van der Waals surface area contributed by atoms with Crippen molar-refractivity contribution >= 4 is 21.6 Å². The van der Waals surface area contributed by atoms with Gasteiger partial charge < -0.3 is 14.8 Å². The van der Waals surface area contributed by atoms with Gasteiger partial charge in [-0.15, -0.1) is 0 Å². The maximum Gasteiger partial charge on any atom is 0.416 e. The third kappa shape index (κ3) is 7.81. The number of alkyl halides is 3. The zero-order valence-electron chi connectivity index (χ0n) is 25.1. The quantitative estimate of drug-likeness (QED) is 0.143. The predicted octanol–water partition coefficient (Wildman–Crippen LogP) is 5.77. The van der Waals surface area contributed by atoms with Gasteiger partial charge in [-0.3, -0.25) is 14.9 Å². The number of nitrogens with zero attached hydrogens (tertiary/aromatic N) is 3. The van der Waals surface area contributed by atoms with Gasteiger partial charge in [0.2, 0.25) is 15.9 Å². The smallest absolute Gasteiger partial charge is 0.416 e. The summed E-state index contributed by atoms with van der Waals surface area (Å²) < 4.78 is 80.9. The second-order valence-electron chi connectivity index (χ2n) is 10.5. The number of aromatic nitrogens is 2. The standard InChI is InChI=1S/C30H30F3N5O7S/c1-18(2)16-35-46(42,43)26-15-23(38(40)41)10-13-25(26)45-29-19(3)27(36-37(29)22-8-11-24(44-4)12-9-22)28(39)34-17-20-6-5-7-21(14-20)30(31,32)33/h5-15,18,35H,16-17H2,1-4H3,(H,34,39). The number of rotatable bonds is 12. The zero-order valence-corrected chi connectivity index (χ0v) is 25.9. The number of nitro benzene ring substituents is 1. The number of carbonyl (C=O) groups excluding carboxylic acids is 1. The lowest BCUT2D eigenvalue weighted by atomic mass is 10.1.